The predicted octanol–water partition coefficient (Wildman–Crippen LogP) is 3.10. The minimum Gasteiger partial charge on any atom is -0.478 e. The molecule has 0 radical (unpaired) electrons. The van der Waals surface area contributed by atoms with Crippen molar-refractivity contribution in [1.29, 1.82) is 0 Å². The van der Waals surface area contributed by atoms with Crippen molar-refractivity contribution >= 4 is 17.0 Å². The summed E-state index contributed by atoms with van der Waals surface area (Å²) in [5.41, 5.74) is 2.55. The zero-order valence-electron chi connectivity index (χ0n) is 11.3. The molecular formula is C15H18N2O2. The zero-order valence-corrected chi connectivity index (χ0v) is 11.3. The van der Waals surface area contributed by atoms with E-state index in [4.69, 9.17) is 5.11 Å². The second-order valence-electron chi connectivity index (χ2n) is 5.79. The van der Waals surface area contributed by atoms with Crippen molar-refractivity contribution in [3.05, 3.63) is 29.6 Å². The number of aromatic nitrogens is 2. The lowest BCUT2D eigenvalue weighted by Crippen LogP contribution is -2.10. The molecule has 0 spiro atoms. The van der Waals surface area contributed by atoms with Gasteiger partial charge in [0.1, 0.15) is 5.82 Å². The highest BCUT2D eigenvalue weighted by Crippen LogP contribution is 2.47. The molecule has 100 valence electrons. The van der Waals surface area contributed by atoms with E-state index in [2.05, 4.69) is 23.4 Å². The van der Waals surface area contributed by atoms with Gasteiger partial charge in [0.25, 0.3) is 0 Å². The third-order valence-electron chi connectivity index (χ3n) is 4.03. The molecule has 0 bridgehead atoms. The highest BCUT2D eigenvalue weighted by atomic mass is 16.4. The first-order valence-electron chi connectivity index (χ1n) is 6.75. The number of carboxylic acids is 1. The summed E-state index contributed by atoms with van der Waals surface area (Å²) in [5.74, 6) is 0.148. The summed E-state index contributed by atoms with van der Waals surface area (Å²) in [5, 5.41) is 9.04. The number of carboxylic acid groups (broad SMARTS) is 1. The van der Waals surface area contributed by atoms with Gasteiger partial charge in [-0.2, -0.15) is 0 Å². The van der Waals surface area contributed by atoms with E-state index in [1.165, 1.54) is 12.8 Å². The molecule has 2 aromatic rings. The molecular weight excluding hydrogens is 240 g/mol. The van der Waals surface area contributed by atoms with Gasteiger partial charge < -0.3 is 9.67 Å². The van der Waals surface area contributed by atoms with E-state index in [1.807, 2.05) is 6.07 Å². The largest absolute Gasteiger partial charge is 0.478 e. The lowest BCUT2D eigenvalue weighted by molar-refractivity contribution is 0.0697. The first-order chi connectivity index (χ1) is 9.02. The van der Waals surface area contributed by atoms with Gasteiger partial charge in [0.05, 0.1) is 16.6 Å². The average Bonchev–Trinajstić information content (AvgIpc) is 3.00. The molecule has 1 saturated carbocycles. The van der Waals surface area contributed by atoms with Crippen molar-refractivity contribution in [2.24, 2.45) is 5.41 Å². The molecule has 1 aromatic heterocycles. The van der Waals surface area contributed by atoms with E-state index in [0.717, 1.165) is 29.8 Å². The van der Waals surface area contributed by atoms with Crippen LogP contribution in [0.5, 0.6) is 0 Å². The van der Waals surface area contributed by atoms with E-state index in [1.54, 1.807) is 12.1 Å². The fraction of sp³-hybridized carbons (Fsp3) is 0.467. The Morgan fingerprint density at radius 3 is 2.79 bits per heavy atom. The van der Waals surface area contributed by atoms with Crippen LogP contribution in [0.25, 0.3) is 11.0 Å². The summed E-state index contributed by atoms with van der Waals surface area (Å²) in [7, 11) is 0. The number of imidazole rings is 1. The van der Waals surface area contributed by atoms with Crippen LogP contribution < -0.4 is 0 Å². The summed E-state index contributed by atoms with van der Waals surface area (Å²) in [4.78, 5) is 15.6. The van der Waals surface area contributed by atoms with Crippen LogP contribution in [0.1, 0.15) is 42.9 Å². The van der Waals surface area contributed by atoms with Crippen molar-refractivity contribution < 1.29 is 9.90 Å². The minimum atomic E-state index is -0.899. The number of benzene rings is 1. The fourth-order valence-electron chi connectivity index (χ4n) is 2.51. The number of hydrogen-bond donors (Lipinski definition) is 1. The van der Waals surface area contributed by atoms with Crippen LogP contribution in [-0.4, -0.2) is 20.6 Å². The summed E-state index contributed by atoms with van der Waals surface area (Å²) < 4.78 is 2.26. The summed E-state index contributed by atoms with van der Waals surface area (Å²) in [6.07, 6.45) is 3.40. The van der Waals surface area contributed by atoms with E-state index < -0.39 is 5.97 Å². The Kier molecular flexibility index (Phi) is 2.62. The molecule has 1 N–H and O–H groups in total. The van der Waals surface area contributed by atoms with E-state index in [0.29, 0.717) is 11.0 Å². The average molecular weight is 258 g/mol. The highest BCUT2D eigenvalue weighted by Gasteiger charge is 2.38. The van der Waals surface area contributed by atoms with Gasteiger partial charge in [0.15, 0.2) is 0 Å². The van der Waals surface area contributed by atoms with Crippen molar-refractivity contribution in [3.63, 3.8) is 0 Å². The molecule has 1 heterocycles. The molecule has 3 rings (SSSR count). The van der Waals surface area contributed by atoms with Crippen LogP contribution in [0.3, 0.4) is 0 Å². The van der Waals surface area contributed by atoms with Crippen molar-refractivity contribution in [1.82, 2.24) is 9.55 Å². The number of rotatable bonds is 4. The SMILES string of the molecule is CCc1nc2cc(C(=O)O)ccc2n1CC1(C)CC1. The Bertz CT molecular complexity index is 653. The Hall–Kier alpha value is -1.84. The maximum atomic E-state index is 11.0. The topological polar surface area (TPSA) is 55.1 Å². The molecule has 0 unspecified atom stereocenters. The second-order valence-corrected chi connectivity index (χ2v) is 5.79. The van der Waals surface area contributed by atoms with Crippen LogP contribution in [0.4, 0.5) is 0 Å². The monoisotopic (exact) mass is 258 g/mol. The van der Waals surface area contributed by atoms with Crippen molar-refractivity contribution in [3.8, 4) is 0 Å². The normalized spacial score (nSPS) is 16.7. The van der Waals surface area contributed by atoms with Crippen LogP contribution >= 0.6 is 0 Å². The number of carbonyl (C=O) groups is 1. The second kappa shape index (κ2) is 4.08. The van der Waals surface area contributed by atoms with Gasteiger partial charge in [-0.25, -0.2) is 9.78 Å². The molecule has 0 amide bonds. The standard InChI is InChI=1S/C15H18N2O2/c1-3-13-16-11-8-10(14(18)19)4-5-12(11)17(13)9-15(2)6-7-15/h4-5,8H,3,6-7,9H2,1-2H3,(H,18,19). The third kappa shape index (κ3) is 2.11. The molecule has 1 aliphatic carbocycles. The van der Waals surface area contributed by atoms with Gasteiger partial charge in [0.2, 0.25) is 0 Å². The zero-order chi connectivity index (χ0) is 13.6. The van der Waals surface area contributed by atoms with E-state index in [9.17, 15) is 4.79 Å². The van der Waals surface area contributed by atoms with Crippen molar-refractivity contribution in [2.75, 3.05) is 0 Å². The number of aromatic carboxylic acids is 1. The maximum absolute atomic E-state index is 11.0. The Morgan fingerprint density at radius 2 is 2.21 bits per heavy atom. The van der Waals surface area contributed by atoms with Crippen LogP contribution in [0, 0.1) is 5.41 Å². The van der Waals surface area contributed by atoms with Crippen LogP contribution in [0.15, 0.2) is 18.2 Å². The van der Waals surface area contributed by atoms with Gasteiger partial charge in [0, 0.05) is 13.0 Å². The molecule has 1 aromatic carbocycles. The number of hydrogen-bond acceptors (Lipinski definition) is 2. The van der Waals surface area contributed by atoms with E-state index >= 15 is 0 Å². The molecule has 19 heavy (non-hydrogen) atoms. The molecule has 0 atom stereocenters. The van der Waals surface area contributed by atoms with Crippen LogP contribution in [0.2, 0.25) is 0 Å². The molecule has 4 nitrogen and oxygen atoms in total. The number of aryl methyl sites for hydroxylation is 1. The minimum absolute atomic E-state index is 0.303. The maximum Gasteiger partial charge on any atom is 0.335 e. The fourth-order valence-corrected chi connectivity index (χ4v) is 2.51. The first kappa shape index (κ1) is 12.2. The van der Waals surface area contributed by atoms with Gasteiger partial charge in [-0.1, -0.05) is 13.8 Å². The van der Waals surface area contributed by atoms with Gasteiger partial charge >= 0.3 is 5.97 Å². The predicted molar refractivity (Wildman–Crippen MR) is 73.4 cm³/mol. The van der Waals surface area contributed by atoms with Gasteiger partial charge in [-0.3, -0.25) is 0 Å². The Balaban J connectivity index is 2.11. The molecule has 1 aliphatic rings. The molecule has 0 aliphatic heterocycles. The number of fused-ring (bicyclic) bond motifs is 1. The molecule has 4 heteroatoms. The lowest BCUT2D eigenvalue weighted by Gasteiger charge is -2.13. The summed E-state index contributed by atoms with van der Waals surface area (Å²) >= 11 is 0. The van der Waals surface area contributed by atoms with Gasteiger partial charge in [-0.05, 0) is 36.5 Å². The third-order valence-corrected chi connectivity index (χ3v) is 4.03. The van der Waals surface area contributed by atoms with Crippen molar-refractivity contribution in [2.45, 2.75) is 39.7 Å². The van der Waals surface area contributed by atoms with Crippen LogP contribution in [-0.2, 0) is 13.0 Å². The quantitative estimate of drug-likeness (QED) is 0.916. The van der Waals surface area contributed by atoms with Gasteiger partial charge in [-0.15, -0.1) is 0 Å². The smallest absolute Gasteiger partial charge is 0.335 e. The lowest BCUT2D eigenvalue weighted by atomic mass is 10.1. The Morgan fingerprint density at radius 1 is 1.47 bits per heavy atom. The molecule has 1 fully saturated rings. The number of nitrogens with zero attached hydrogens (tertiary/aromatic N) is 2. The highest BCUT2D eigenvalue weighted by molar-refractivity contribution is 5.92. The summed E-state index contributed by atoms with van der Waals surface area (Å²) in [6, 6.07) is 5.22. The van der Waals surface area contributed by atoms with E-state index in [-0.39, 0.29) is 0 Å². The molecule has 0 saturated heterocycles. The first-order valence-corrected chi connectivity index (χ1v) is 6.75. The summed E-state index contributed by atoms with van der Waals surface area (Å²) in [6.45, 7) is 5.37. The Labute approximate surface area is 112 Å².